The number of nitrogens with one attached hydrogen (secondary N) is 1. The molecule has 2 aromatic carbocycles. The lowest BCUT2D eigenvalue weighted by Crippen LogP contribution is -2.25. The molecule has 2 rings (SSSR count). The maximum absolute atomic E-state index is 12.1. The summed E-state index contributed by atoms with van der Waals surface area (Å²) >= 11 is 0. The van der Waals surface area contributed by atoms with Gasteiger partial charge in [-0.25, -0.2) is 13.1 Å². The van der Waals surface area contributed by atoms with Gasteiger partial charge in [-0.1, -0.05) is 56.3 Å². The standard InChI is InChI=1S/C17H21NO2S.ClH/c1-14(2)16-10-8-15(9-11-16)12-13-18-21(19,20)17-6-4-3-5-7-17;/h3-11,14,18H,12-13H2,1-2H3;1H. The summed E-state index contributed by atoms with van der Waals surface area (Å²) in [6.07, 6.45) is 0.685. The molecule has 0 spiro atoms. The fraction of sp³-hybridized carbons (Fsp3) is 0.294. The molecule has 120 valence electrons. The van der Waals surface area contributed by atoms with Crippen molar-refractivity contribution in [3.8, 4) is 0 Å². The van der Waals surface area contributed by atoms with Crippen LogP contribution in [0.2, 0.25) is 0 Å². The Labute approximate surface area is 139 Å². The minimum Gasteiger partial charge on any atom is -0.211 e. The highest BCUT2D eigenvalue weighted by atomic mass is 35.5. The molecule has 0 bridgehead atoms. The molecule has 0 aliphatic rings. The Hall–Kier alpha value is -1.36. The van der Waals surface area contributed by atoms with E-state index in [0.29, 0.717) is 23.8 Å². The first-order chi connectivity index (χ1) is 9.99. The molecule has 0 aromatic heterocycles. The van der Waals surface area contributed by atoms with Crippen LogP contribution in [0.1, 0.15) is 30.9 Å². The molecule has 0 heterocycles. The summed E-state index contributed by atoms with van der Waals surface area (Å²) < 4.78 is 26.7. The van der Waals surface area contributed by atoms with Gasteiger partial charge >= 0.3 is 0 Å². The maximum atomic E-state index is 12.1. The van der Waals surface area contributed by atoms with Gasteiger partial charge in [-0.15, -0.1) is 12.4 Å². The minimum atomic E-state index is -3.40. The Morgan fingerprint density at radius 2 is 1.55 bits per heavy atom. The lowest BCUT2D eigenvalue weighted by atomic mass is 10.0. The fourth-order valence-corrected chi connectivity index (χ4v) is 3.13. The van der Waals surface area contributed by atoms with Crippen LogP contribution in [0, 0.1) is 0 Å². The van der Waals surface area contributed by atoms with Crippen LogP contribution < -0.4 is 4.72 Å². The summed E-state index contributed by atoms with van der Waals surface area (Å²) in [5.74, 6) is 0.510. The molecule has 22 heavy (non-hydrogen) atoms. The number of benzene rings is 2. The molecule has 1 N–H and O–H groups in total. The molecule has 0 saturated carbocycles. The van der Waals surface area contributed by atoms with Gasteiger partial charge < -0.3 is 0 Å². The van der Waals surface area contributed by atoms with Crippen LogP contribution in [-0.4, -0.2) is 15.0 Å². The van der Waals surface area contributed by atoms with Crippen molar-refractivity contribution in [3.05, 3.63) is 65.7 Å². The second-order valence-corrected chi connectivity index (χ2v) is 7.12. The van der Waals surface area contributed by atoms with Gasteiger partial charge in [-0.2, -0.15) is 0 Å². The highest BCUT2D eigenvalue weighted by molar-refractivity contribution is 7.89. The van der Waals surface area contributed by atoms with E-state index in [1.807, 2.05) is 0 Å². The van der Waals surface area contributed by atoms with Gasteiger partial charge in [-0.05, 0) is 35.6 Å². The van der Waals surface area contributed by atoms with E-state index in [1.54, 1.807) is 30.3 Å². The Kier molecular flexibility index (Phi) is 7.07. The SMILES string of the molecule is CC(C)c1ccc(CCNS(=O)(=O)c2ccccc2)cc1.Cl. The number of rotatable bonds is 6. The highest BCUT2D eigenvalue weighted by Gasteiger charge is 2.12. The van der Waals surface area contributed by atoms with Crippen molar-refractivity contribution in [1.82, 2.24) is 4.72 Å². The molecular weight excluding hydrogens is 318 g/mol. The summed E-state index contributed by atoms with van der Waals surface area (Å²) in [6.45, 7) is 4.71. The van der Waals surface area contributed by atoms with Gasteiger partial charge in [0.05, 0.1) is 4.90 Å². The Balaban J connectivity index is 0.00000242. The van der Waals surface area contributed by atoms with Crippen molar-refractivity contribution in [1.29, 1.82) is 0 Å². The zero-order valence-electron chi connectivity index (χ0n) is 12.8. The summed E-state index contributed by atoms with van der Waals surface area (Å²) in [5, 5.41) is 0. The van der Waals surface area contributed by atoms with E-state index < -0.39 is 10.0 Å². The molecule has 0 unspecified atom stereocenters. The van der Waals surface area contributed by atoms with Crippen molar-refractivity contribution in [2.45, 2.75) is 31.1 Å². The summed E-state index contributed by atoms with van der Waals surface area (Å²) in [6, 6.07) is 16.8. The smallest absolute Gasteiger partial charge is 0.211 e. The van der Waals surface area contributed by atoms with Crippen molar-refractivity contribution in [2.75, 3.05) is 6.54 Å². The van der Waals surface area contributed by atoms with Gasteiger partial charge in [0.1, 0.15) is 0 Å². The van der Waals surface area contributed by atoms with Gasteiger partial charge in [0.15, 0.2) is 0 Å². The Morgan fingerprint density at radius 3 is 2.09 bits per heavy atom. The molecule has 0 aliphatic carbocycles. The van der Waals surface area contributed by atoms with Crippen molar-refractivity contribution < 1.29 is 8.42 Å². The van der Waals surface area contributed by atoms with Crippen molar-refractivity contribution >= 4 is 22.4 Å². The lowest BCUT2D eigenvalue weighted by Gasteiger charge is -2.08. The second kappa shape index (κ2) is 8.32. The maximum Gasteiger partial charge on any atom is 0.240 e. The molecule has 0 atom stereocenters. The summed E-state index contributed by atoms with van der Waals surface area (Å²) in [7, 11) is -3.40. The third-order valence-corrected chi connectivity index (χ3v) is 4.88. The van der Waals surface area contributed by atoms with Crippen LogP contribution in [0.5, 0.6) is 0 Å². The normalized spacial score (nSPS) is 11.2. The van der Waals surface area contributed by atoms with Crippen LogP contribution in [-0.2, 0) is 16.4 Å². The predicted octanol–water partition coefficient (Wildman–Crippen LogP) is 3.75. The van der Waals surface area contributed by atoms with E-state index in [2.05, 4.69) is 42.8 Å². The van der Waals surface area contributed by atoms with E-state index in [1.165, 1.54) is 5.56 Å². The monoisotopic (exact) mass is 339 g/mol. The van der Waals surface area contributed by atoms with E-state index >= 15 is 0 Å². The molecule has 3 nitrogen and oxygen atoms in total. The zero-order valence-corrected chi connectivity index (χ0v) is 14.5. The molecule has 0 aliphatic heterocycles. The van der Waals surface area contributed by atoms with Crippen molar-refractivity contribution in [2.24, 2.45) is 0 Å². The van der Waals surface area contributed by atoms with Crippen LogP contribution in [0.4, 0.5) is 0 Å². The van der Waals surface area contributed by atoms with Crippen LogP contribution in [0.25, 0.3) is 0 Å². The van der Waals surface area contributed by atoms with Crippen molar-refractivity contribution in [3.63, 3.8) is 0 Å². The minimum absolute atomic E-state index is 0. The van der Waals surface area contributed by atoms with Crippen LogP contribution >= 0.6 is 12.4 Å². The largest absolute Gasteiger partial charge is 0.240 e. The summed E-state index contributed by atoms with van der Waals surface area (Å²) in [5.41, 5.74) is 2.43. The van der Waals surface area contributed by atoms with Gasteiger partial charge in [-0.3, -0.25) is 0 Å². The first-order valence-electron chi connectivity index (χ1n) is 7.12. The van der Waals surface area contributed by atoms with E-state index in [9.17, 15) is 8.42 Å². The van der Waals surface area contributed by atoms with Crippen LogP contribution in [0.15, 0.2) is 59.5 Å². The third-order valence-electron chi connectivity index (χ3n) is 3.41. The van der Waals surface area contributed by atoms with E-state index in [-0.39, 0.29) is 12.4 Å². The lowest BCUT2D eigenvalue weighted by molar-refractivity contribution is 0.581. The fourth-order valence-electron chi connectivity index (χ4n) is 2.08. The number of halogens is 1. The molecule has 0 fully saturated rings. The number of sulfonamides is 1. The van der Waals surface area contributed by atoms with E-state index in [4.69, 9.17) is 0 Å². The second-order valence-electron chi connectivity index (χ2n) is 5.36. The zero-order chi connectivity index (χ0) is 15.3. The molecule has 0 radical (unpaired) electrons. The number of hydrogen-bond acceptors (Lipinski definition) is 2. The topological polar surface area (TPSA) is 46.2 Å². The Bertz CT molecular complexity index is 668. The average molecular weight is 340 g/mol. The molecular formula is C17H22ClNO2S. The van der Waals surface area contributed by atoms with Gasteiger partial charge in [0, 0.05) is 6.54 Å². The quantitative estimate of drug-likeness (QED) is 0.871. The highest BCUT2D eigenvalue weighted by Crippen LogP contribution is 2.15. The summed E-state index contributed by atoms with van der Waals surface area (Å²) in [4.78, 5) is 0.306. The van der Waals surface area contributed by atoms with Gasteiger partial charge in [0.25, 0.3) is 0 Å². The molecule has 0 amide bonds. The van der Waals surface area contributed by atoms with Crippen LogP contribution in [0.3, 0.4) is 0 Å². The third kappa shape index (κ3) is 5.13. The average Bonchev–Trinajstić information content (AvgIpc) is 2.48. The first kappa shape index (κ1) is 18.7. The first-order valence-corrected chi connectivity index (χ1v) is 8.61. The molecule has 5 heteroatoms. The molecule has 2 aromatic rings. The predicted molar refractivity (Wildman–Crippen MR) is 93.1 cm³/mol. The Morgan fingerprint density at radius 1 is 0.955 bits per heavy atom. The van der Waals surface area contributed by atoms with Gasteiger partial charge in [0.2, 0.25) is 10.0 Å². The molecule has 0 saturated heterocycles. The number of hydrogen-bond donors (Lipinski definition) is 1. The van der Waals surface area contributed by atoms with E-state index in [0.717, 1.165) is 5.56 Å².